The molecular weight excluding hydrogens is 244 g/mol. The van der Waals surface area contributed by atoms with E-state index in [-0.39, 0.29) is 0 Å². The summed E-state index contributed by atoms with van der Waals surface area (Å²) < 4.78 is 0. The van der Waals surface area contributed by atoms with Crippen LogP contribution in [0.1, 0.15) is 32.3 Å². The molecule has 2 heterocycles. The van der Waals surface area contributed by atoms with Gasteiger partial charge in [-0.1, -0.05) is 44.2 Å². The lowest BCUT2D eigenvalue weighted by Gasteiger charge is -2.41. The minimum absolute atomic E-state index is 0.371. The number of likely N-dealkylation sites (tertiary alicyclic amines) is 1. The smallest absolute Gasteiger partial charge is 0.0104 e. The molecule has 0 spiro atoms. The molecule has 20 heavy (non-hydrogen) atoms. The SMILES string of the molecule is CC1CN(CC2(c3ccccc3)CCNCC2)CC1C. The van der Waals surface area contributed by atoms with Gasteiger partial charge < -0.3 is 10.2 Å². The lowest BCUT2D eigenvalue weighted by molar-refractivity contribution is 0.195. The second kappa shape index (κ2) is 5.87. The van der Waals surface area contributed by atoms with Crippen LogP contribution in [0.3, 0.4) is 0 Å². The van der Waals surface area contributed by atoms with Gasteiger partial charge in [-0.15, -0.1) is 0 Å². The van der Waals surface area contributed by atoms with Crippen molar-refractivity contribution in [1.29, 1.82) is 0 Å². The van der Waals surface area contributed by atoms with Gasteiger partial charge in [-0.25, -0.2) is 0 Å². The van der Waals surface area contributed by atoms with Gasteiger partial charge in [0.2, 0.25) is 0 Å². The molecule has 2 aliphatic heterocycles. The number of nitrogens with zero attached hydrogens (tertiary/aromatic N) is 1. The lowest BCUT2D eigenvalue weighted by Crippen LogP contribution is -2.47. The molecule has 0 aromatic heterocycles. The molecule has 2 saturated heterocycles. The second-order valence-electron chi connectivity index (χ2n) is 7.05. The summed E-state index contributed by atoms with van der Waals surface area (Å²) in [4.78, 5) is 2.72. The standard InChI is InChI=1S/C18H28N2/c1-15-12-20(13-16(15)2)14-18(8-10-19-11-9-18)17-6-4-3-5-7-17/h3-7,15-16,19H,8-14H2,1-2H3. The van der Waals surface area contributed by atoms with Crippen LogP contribution in [0.15, 0.2) is 30.3 Å². The van der Waals surface area contributed by atoms with Gasteiger partial charge in [-0.05, 0) is 43.3 Å². The first-order valence-electron chi connectivity index (χ1n) is 8.18. The zero-order chi connectivity index (χ0) is 14.0. The van der Waals surface area contributed by atoms with Gasteiger partial charge in [0, 0.05) is 25.0 Å². The van der Waals surface area contributed by atoms with Gasteiger partial charge in [0.25, 0.3) is 0 Å². The maximum Gasteiger partial charge on any atom is 0.0104 e. The molecule has 2 unspecified atom stereocenters. The fourth-order valence-electron chi connectivity index (χ4n) is 4.04. The molecule has 0 aliphatic carbocycles. The highest BCUT2D eigenvalue weighted by molar-refractivity contribution is 5.27. The minimum atomic E-state index is 0.371. The predicted molar refractivity (Wildman–Crippen MR) is 85.0 cm³/mol. The average molecular weight is 272 g/mol. The highest BCUT2D eigenvalue weighted by atomic mass is 15.2. The monoisotopic (exact) mass is 272 g/mol. The molecule has 1 aromatic rings. The van der Waals surface area contributed by atoms with E-state index in [9.17, 15) is 0 Å². The van der Waals surface area contributed by atoms with Crippen molar-refractivity contribution < 1.29 is 0 Å². The lowest BCUT2D eigenvalue weighted by atomic mass is 9.73. The highest BCUT2D eigenvalue weighted by Crippen LogP contribution is 2.36. The Morgan fingerprint density at radius 3 is 2.25 bits per heavy atom. The number of hydrogen-bond donors (Lipinski definition) is 1. The fourth-order valence-corrected chi connectivity index (χ4v) is 4.04. The Kier molecular flexibility index (Phi) is 4.13. The summed E-state index contributed by atoms with van der Waals surface area (Å²) in [5, 5.41) is 3.53. The number of nitrogens with one attached hydrogen (secondary N) is 1. The number of rotatable bonds is 3. The van der Waals surface area contributed by atoms with E-state index < -0.39 is 0 Å². The Balaban J connectivity index is 1.80. The maximum atomic E-state index is 3.53. The van der Waals surface area contributed by atoms with E-state index in [4.69, 9.17) is 0 Å². The van der Waals surface area contributed by atoms with Gasteiger partial charge in [0.05, 0.1) is 0 Å². The molecule has 2 fully saturated rings. The first kappa shape index (κ1) is 14.1. The van der Waals surface area contributed by atoms with E-state index in [1.54, 1.807) is 5.56 Å². The normalized spacial score (nSPS) is 30.5. The van der Waals surface area contributed by atoms with Crippen LogP contribution < -0.4 is 5.32 Å². The van der Waals surface area contributed by atoms with Crippen LogP contribution in [0.2, 0.25) is 0 Å². The number of benzene rings is 1. The first-order valence-corrected chi connectivity index (χ1v) is 8.18. The molecule has 2 nitrogen and oxygen atoms in total. The van der Waals surface area contributed by atoms with Gasteiger partial charge in [-0.3, -0.25) is 0 Å². The molecule has 1 aromatic carbocycles. The summed E-state index contributed by atoms with van der Waals surface area (Å²) in [6.45, 7) is 10.9. The molecular formula is C18H28N2. The minimum Gasteiger partial charge on any atom is -0.317 e. The third-order valence-corrected chi connectivity index (χ3v) is 5.54. The van der Waals surface area contributed by atoms with Crippen molar-refractivity contribution in [2.24, 2.45) is 11.8 Å². The van der Waals surface area contributed by atoms with E-state index >= 15 is 0 Å². The summed E-state index contributed by atoms with van der Waals surface area (Å²) in [5.41, 5.74) is 1.92. The Bertz CT molecular complexity index is 412. The summed E-state index contributed by atoms with van der Waals surface area (Å²) in [5.74, 6) is 1.70. The number of piperidine rings is 1. The largest absolute Gasteiger partial charge is 0.317 e. The van der Waals surface area contributed by atoms with Gasteiger partial charge in [0.15, 0.2) is 0 Å². The molecule has 0 radical (unpaired) electrons. The van der Waals surface area contributed by atoms with Crippen LogP contribution in [0, 0.1) is 11.8 Å². The third kappa shape index (κ3) is 2.77. The maximum absolute atomic E-state index is 3.53. The summed E-state index contributed by atoms with van der Waals surface area (Å²) >= 11 is 0. The Morgan fingerprint density at radius 2 is 1.65 bits per heavy atom. The van der Waals surface area contributed by atoms with E-state index in [1.165, 1.54) is 32.5 Å². The fraction of sp³-hybridized carbons (Fsp3) is 0.667. The van der Waals surface area contributed by atoms with Crippen molar-refractivity contribution in [1.82, 2.24) is 10.2 Å². The van der Waals surface area contributed by atoms with Crippen LogP contribution in [-0.2, 0) is 5.41 Å². The second-order valence-corrected chi connectivity index (χ2v) is 7.05. The van der Waals surface area contributed by atoms with Gasteiger partial charge >= 0.3 is 0 Å². The number of hydrogen-bond acceptors (Lipinski definition) is 2. The van der Waals surface area contributed by atoms with Gasteiger partial charge in [0.1, 0.15) is 0 Å². The Labute approximate surface area is 123 Å². The van der Waals surface area contributed by atoms with E-state index in [0.717, 1.165) is 24.9 Å². The van der Waals surface area contributed by atoms with Crippen molar-refractivity contribution in [3.63, 3.8) is 0 Å². The van der Waals surface area contributed by atoms with E-state index in [0.29, 0.717) is 5.41 Å². The summed E-state index contributed by atoms with van der Waals surface area (Å²) in [6, 6.07) is 11.2. The van der Waals surface area contributed by atoms with Crippen molar-refractivity contribution >= 4 is 0 Å². The van der Waals surface area contributed by atoms with Crippen molar-refractivity contribution in [2.75, 3.05) is 32.7 Å². The van der Waals surface area contributed by atoms with Crippen LogP contribution in [0.25, 0.3) is 0 Å². The Morgan fingerprint density at radius 1 is 1.05 bits per heavy atom. The van der Waals surface area contributed by atoms with Crippen molar-refractivity contribution in [3.05, 3.63) is 35.9 Å². The molecule has 2 aliphatic rings. The van der Waals surface area contributed by atoms with Crippen LogP contribution in [0.5, 0.6) is 0 Å². The quantitative estimate of drug-likeness (QED) is 0.910. The zero-order valence-electron chi connectivity index (χ0n) is 12.9. The van der Waals surface area contributed by atoms with Crippen LogP contribution in [0.4, 0.5) is 0 Å². The average Bonchev–Trinajstić information content (AvgIpc) is 2.79. The summed E-state index contributed by atoms with van der Waals surface area (Å²) in [7, 11) is 0. The third-order valence-electron chi connectivity index (χ3n) is 5.54. The van der Waals surface area contributed by atoms with Crippen LogP contribution >= 0.6 is 0 Å². The van der Waals surface area contributed by atoms with Crippen LogP contribution in [-0.4, -0.2) is 37.6 Å². The molecule has 2 atom stereocenters. The molecule has 110 valence electrons. The molecule has 0 bridgehead atoms. The molecule has 2 heteroatoms. The summed E-state index contributed by atoms with van der Waals surface area (Å²) in [6.07, 6.45) is 2.55. The van der Waals surface area contributed by atoms with Gasteiger partial charge in [-0.2, -0.15) is 0 Å². The zero-order valence-corrected chi connectivity index (χ0v) is 12.9. The van der Waals surface area contributed by atoms with Crippen molar-refractivity contribution in [2.45, 2.75) is 32.1 Å². The van der Waals surface area contributed by atoms with Crippen molar-refractivity contribution in [3.8, 4) is 0 Å². The van der Waals surface area contributed by atoms with E-state index in [2.05, 4.69) is 54.4 Å². The molecule has 0 amide bonds. The predicted octanol–water partition coefficient (Wildman–Crippen LogP) is 2.90. The molecule has 0 saturated carbocycles. The molecule has 3 rings (SSSR count). The molecule has 1 N–H and O–H groups in total. The first-order chi connectivity index (χ1) is 9.70. The Hall–Kier alpha value is -0.860. The van der Waals surface area contributed by atoms with E-state index in [1.807, 2.05) is 0 Å². The topological polar surface area (TPSA) is 15.3 Å². The highest BCUT2D eigenvalue weighted by Gasteiger charge is 2.38.